The fraction of sp³-hybridized carbons (Fsp3) is 0.500. The van der Waals surface area contributed by atoms with Crippen LogP contribution in [0.25, 0.3) is 0 Å². The van der Waals surface area contributed by atoms with E-state index in [1.165, 1.54) is 18.3 Å². The average molecular weight is 467 g/mol. The molecular weight excluding hydrogens is 437 g/mol. The van der Waals surface area contributed by atoms with Gasteiger partial charge in [-0.05, 0) is 24.6 Å². The number of urea groups is 1. The molecule has 0 saturated carbocycles. The Morgan fingerprint density at radius 2 is 1.94 bits per heavy atom. The zero-order chi connectivity index (χ0) is 24.1. The summed E-state index contributed by atoms with van der Waals surface area (Å²) in [6.45, 7) is 2.20. The van der Waals surface area contributed by atoms with Crippen molar-refractivity contribution in [1.82, 2.24) is 20.2 Å². The third kappa shape index (κ3) is 6.17. The Balaban J connectivity index is 1.60. The first-order valence-corrected chi connectivity index (χ1v) is 10.6. The summed E-state index contributed by atoms with van der Waals surface area (Å²) in [4.78, 5) is 23.9. The number of aromatic nitrogens is 2. The fourth-order valence-electron chi connectivity index (χ4n) is 3.57. The molecule has 8 nitrogen and oxygen atoms in total. The first kappa shape index (κ1) is 24.4. The highest BCUT2D eigenvalue weighted by molar-refractivity contribution is 5.74. The zero-order valence-corrected chi connectivity index (χ0v) is 19.1. The monoisotopic (exact) mass is 466 g/mol. The van der Waals surface area contributed by atoms with Gasteiger partial charge >= 0.3 is 6.03 Å². The Morgan fingerprint density at radius 1 is 1.24 bits per heavy atom. The van der Waals surface area contributed by atoms with Crippen LogP contribution >= 0.6 is 0 Å². The lowest BCUT2D eigenvalue weighted by molar-refractivity contribution is 0.156. The topological polar surface area (TPSA) is 73.8 Å². The van der Waals surface area contributed by atoms with E-state index < -0.39 is 18.8 Å². The minimum absolute atomic E-state index is 0.0769. The molecule has 0 spiro atoms. The summed E-state index contributed by atoms with van der Waals surface area (Å²) < 4.78 is 46.3. The van der Waals surface area contributed by atoms with Crippen LogP contribution in [-0.2, 0) is 0 Å². The molecule has 1 aliphatic heterocycles. The molecule has 1 aliphatic rings. The van der Waals surface area contributed by atoms with Crippen LogP contribution in [0.2, 0.25) is 0 Å². The summed E-state index contributed by atoms with van der Waals surface area (Å²) in [6.07, 6.45) is -0.948. The number of benzene rings is 1. The zero-order valence-electron chi connectivity index (χ0n) is 19.1. The molecule has 1 aromatic carbocycles. The van der Waals surface area contributed by atoms with Crippen molar-refractivity contribution < 1.29 is 22.7 Å². The van der Waals surface area contributed by atoms with Crippen molar-refractivity contribution >= 4 is 17.7 Å². The number of hydrogen-bond acceptors (Lipinski definition) is 6. The number of ether oxygens (including phenoxy) is 1. The SMILES string of the molecule is C[C@H](NC(=O)N(C)C)c1ccc(O[C@@H]2CCN(c3ncnc(N(C)CC(F)F)c3F)C2)cc1. The van der Waals surface area contributed by atoms with Crippen molar-refractivity contribution in [3.63, 3.8) is 0 Å². The normalized spacial score (nSPS) is 16.6. The summed E-state index contributed by atoms with van der Waals surface area (Å²) in [6, 6.07) is 7.11. The van der Waals surface area contributed by atoms with E-state index in [1.807, 2.05) is 31.2 Å². The van der Waals surface area contributed by atoms with Crippen LogP contribution in [0.15, 0.2) is 30.6 Å². The van der Waals surface area contributed by atoms with Gasteiger partial charge in [-0.3, -0.25) is 0 Å². The van der Waals surface area contributed by atoms with Gasteiger partial charge in [0.15, 0.2) is 11.6 Å². The number of carbonyl (C=O) groups excluding carboxylic acids is 1. The molecule has 0 radical (unpaired) electrons. The van der Waals surface area contributed by atoms with E-state index in [-0.39, 0.29) is 29.8 Å². The standard InChI is InChI=1S/C22H29F3N6O2/c1-14(28-22(32)29(2)3)15-5-7-16(8-6-15)33-17-9-10-31(11-17)21-19(25)20(26-13-27-21)30(4)12-18(23)24/h5-8,13-14,17-18H,9-12H2,1-4H3,(H,28,32)/t14-,17+/m0/s1. The smallest absolute Gasteiger partial charge is 0.317 e. The molecule has 1 aromatic heterocycles. The van der Waals surface area contributed by atoms with Crippen LogP contribution in [0.4, 0.5) is 29.6 Å². The lowest BCUT2D eigenvalue weighted by Crippen LogP contribution is -2.36. The summed E-state index contributed by atoms with van der Waals surface area (Å²) in [5.41, 5.74) is 0.939. The first-order valence-electron chi connectivity index (χ1n) is 10.6. The maximum atomic E-state index is 14.9. The summed E-state index contributed by atoms with van der Waals surface area (Å²) in [7, 11) is 4.73. The van der Waals surface area contributed by atoms with Crippen LogP contribution in [0.3, 0.4) is 0 Å². The van der Waals surface area contributed by atoms with Crippen molar-refractivity contribution in [2.24, 2.45) is 0 Å². The average Bonchev–Trinajstić information content (AvgIpc) is 3.21. The second kappa shape index (κ2) is 10.6. The van der Waals surface area contributed by atoms with E-state index in [2.05, 4.69) is 15.3 Å². The van der Waals surface area contributed by atoms with Gasteiger partial charge in [0.05, 0.1) is 19.1 Å². The molecule has 0 aliphatic carbocycles. The number of amides is 2. The van der Waals surface area contributed by atoms with Gasteiger partial charge in [0, 0.05) is 34.1 Å². The summed E-state index contributed by atoms with van der Waals surface area (Å²) in [5.74, 6) is -0.138. The van der Waals surface area contributed by atoms with E-state index in [1.54, 1.807) is 19.0 Å². The molecule has 2 atom stereocenters. The molecule has 3 rings (SSSR count). The van der Waals surface area contributed by atoms with Gasteiger partial charge in [0.1, 0.15) is 18.2 Å². The summed E-state index contributed by atoms with van der Waals surface area (Å²) in [5, 5.41) is 2.89. The third-order valence-corrected chi connectivity index (χ3v) is 5.40. The second-order valence-corrected chi connectivity index (χ2v) is 8.22. The molecule has 11 heteroatoms. The Bertz CT molecular complexity index is 944. The number of carbonyl (C=O) groups is 1. The highest BCUT2D eigenvalue weighted by Crippen LogP contribution is 2.28. The van der Waals surface area contributed by atoms with Crippen LogP contribution in [0.1, 0.15) is 24.9 Å². The number of hydrogen-bond donors (Lipinski definition) is 1. The molecule has 1 N–H and O–H groups in total. The van der Waals surface area contributed by atoms with Gasteiger partial charge < -0.3 is 24.8 Å². The van der Waals surface area contributed by atoms with Crippen molar-refractivity contribution in [1.29, 1.82) is 0 Å². The van der Waals surface area contributed by atoms with Gasteiger partial charge in [-0.25, -0.2) is 23.5 Å². The van der Waals surface area contributed by atoms with Crippen LogP contribution in [0.5, 0.6) is 5.75 Å². The van der Waals surface area contributed by atoms with Gasteiger partial charge in [0.2, 0.25) is 5.82 Å². The lowest BCUT2D eigenvalue weighted by Gasteiger charge is -2.22. The van der Waals surface area contributed by atoms with Gasteiger partial charge in [0.25, 0.3) is 6.43 Å². The maximum absolute atomic E-state index is 14.9. The highest BCUT2D eigenvalue weighted by atomic mass is 19.3. The Kier molecular flexibility index (Phi) is 7.83. The Morgan fingerprint density at radius 3 is 2.58 bits per heavy atom. The number of rotatable bonds is 8. The molecule has 1 saturated heterocycles. The minimum atomic E-state index is -2.60. The van der Waals surface area contributed by atoms with Gasteiger partial charge in [-0.2, -0.15) is 4.39 Å². The largest absolute Gasteiger partial charge is 0.489 e. The van der Waals surface area contributed by atoms with Crippen molar-refractivity contribution in [2.75, 3.05) is 50.6 Å². The molecule has 2 heterocycles. The van der Waals surface area contributed by atoms with Crippen LogP contribution < -0.4 is 19.9 Å². The quantitative estimate of drug-likeness (QED) is 0.644. The van der Waals surface area contributed by atoms with Crippen molar-refractivity contribution in [2.45, 2.75) is 31.9 Å². The lowest BCUT2D eigenvalue weighted by atomic mass is 10.1. The number of alkyl halides is 2. The number of halogens is 3. The maximum Gasteiger partial charge on any atom is 0.317 e. The fourth-order valence-corrected chi connectivity index (χ4v) is 3.57. The van der Waals surface area contributed by atoms with E-state index >= 15 is 0 Å². The van der Waals surface area contributed by atoms with E-state index in [0.717, 1.165) is 10.5 Å². The minimum Gasteiger partial charge on any atom is -0.489 e. The predicted molar refractivity (Wildman–Crippen MR) is 120 cm³/mol. The first-order chi connectivity index (χ1) is 15.7. The highest BCUT2D eigenvalue weighted by Gasteiger charge is 2.29. The number of nitrogens with zero attached hydrogens (tertiary/aromatic N) is 5. The van der Waals surface area contributed by atoms with Gasteiger partial charge in [-0.1, -0.05) is 12.1 Å². The predicted octanol–water partition coefficient (Wildman–Crippen LogP) is 3.31. The second-order valence-electron chi connectivity index (χ2n) is 8.22. The van der Waals surface area contributed by atoms with Crippen molar-refractivity contribution in [3.8, 4) is 5.75 Å². The summed E-state index contributed by atoms with van der Waals surface area (Å²) >= 11 is 0. The van der Waals surface area contributed by atoms with E-state index in [9.17, 15) is 18.0 Å². The Labute approximate surface area is 191 Å². The molecule has 33 heavy (non-hydrogen) atoms. The van der Waals surface area contributed by atoms with Crippen molar-refractivity contribution in [3.05, 3.63) is 42.0 Å². The van der Waals surface area contributed by atoms with Gasteiger partial charge in [-0.15, -0.1) is 0 Å². The molecule has 0 unspecified atom stereocenters. The van der Waals surface area contributed by atoms with Crippen LogP contribution in [0, 0.1) is 5.82 Å². The number of nitrogens with one attached hydrogen (secondary N) is 1. The van der Waals surface area contributed by atoms with E-state index in [0.29, 0.717) is 25.3 Å². The Hall–Kier alpha value is -3.24. The molecular formula is C22H29F3N6O2. The van der Waals surface area contributed by atoms with E-state index in [4.69, 9.17) is 4.74 Å². The molecule has 2 aromatic rings. The molecule has 0 bridgehead atoms. The van der Waals surface area contributed by atoms with Crippen LogP contribution in [-0.4, -0.2) is 74.2 Å². The molecule has 2 amide bonds. The third-order valence-electron chi connectivity index (χ3n) is 5.40. The molecule has 1 fully saturated rings. The molecule has 180 valence electrons. The number of anilines is 2.